The van der Waals surface area contributed by atoms with Crippen molar-refractivity contribution in [3.8, 4) is 5.88 Å². The van der Waals surface area contributed by atoms with Crippen LogP contribution in [0.15, 0.2) is 31.0 Å². The van der Waals surface area contributed by atoms with Gasteiger partial charge in [0.15, 0.2) is 0 Å². The summed E-state index contributed by atoms with van der Waals surface area (Å²) in [5, 5.41) is 14.2. The number of aromatic nitrogens is 1. The molecule has 3 rings (SSSR count). The molecule has 15 heteroatoms. The van der Waals surface area contributed by atoms with Gasteiger partial charge >= 0.3 is 24.3 Å². The normalized spacial score (nSPS) is 20.6. The molecular formula is C22H29F6N3O6. The Bertz CT molecular complexity index is 859. The Kier molecular flexibility index (Phi) is 12.8. The number of piperidine rings is 1. The summed E-state index contributed by atoms with van der Waals surface area (Å²) >= 11 is 0. The number of aliphatic carboxylic acids is 2. The van der Waals surface area contributed by atoms with Gasteiger partial charge in [-0.3, -0.25) is 9.80 Å². The van der Waals surface area contributed by atoms with Crippen molar-refractivity contribution in [2.24, 2.45) is 5.92 Å². The van der Waals surface area contributed by atoms with Crippen molar-refractivity contribution < 1.29 is 55.6 Å². The van der Waals surface area contributed by atoms with Crippen LogP contribution in [0.4, 0.5) is 26.3 Å². The third-order valence-corrected chi connectivity index (χ3v) is 5.32. The number of carbonyl (C=O) groups is 2. The molecule has 0 aromatic carbocycles. The smallest absolute Gasteiger partial charge is 0.481 e. The lowest BCUT2D eigenvalue weighted by molar-refractivity contribution is -0.193. The number of likely N-dealkylation sites (tertiary alicyclic amines) is 1. The number of alkyl halides is 6. The monoisotopic (exact) mass is 545 g/mol. The maximum atomic E-state index is 10.6. The van der Waals surface area contributed by atoms with E-state index in [0.717, 1.165) is 57.3 Å². The van der Waals surface area contributed by atoms with Gasteiger partial charge in [-0.2, -0.15) is 26.3 Å². The zero-order valence-corrected chi connectivity index (χ0v) is 20.0. The third-order valence-electron chi connectivity index (χ3n) is 5.32. The summed E-state index contributed by atoms with van der Waals surface area (Å²) in [7, 11) is 1.68. The van der Waals surface area contributed by atoms with Crippen molar-refractivity contribution in [1.82, 2.24) is 14.8 Å². The molecule has 2 fully saturated rings. The second-order valence-corrected chi connectivity index (χ2v) is 8.02. The van der Waals surface area contributed by atoms with Crippen LogP contribution in [0.5, 0.6) is 5.88 Å². The molecule has 210 valence electrons. The van der Waals surface area contributed by atoms with Crippen LogP contribution in [0.25, 0.3) is 0 Å². The zero-order valence-electron chi connectivity index (χ0n) is 20.0. The predicted octanol–water partition coefficient (Wildman–Crippen LogP) is 3.07. The number of methoxy groups -OCH3 is 1. The number of carboxylic acids is 2. The summed E-state index contributed by atoms with van der Waals surface area (Å²) in [6, 6.07) is 4.07. The van der Waals surface area contributed by atoms with Crippen LogP contribution < -0.4 is 4.74 Å². The average Bonchev–Trinajstić information content (AvgIpc) is 3.00. The second-order valence-electron chi connectivity index (χ2n) is 8.02. The van der Waals surface area contributed by atoms with Gasteiger partial charge in [0.1, 0.15) is 0 Å². The summed E-state index contributed by atoms with van der Waals surface area (Å²) in [6.07, 6.45) is -4.89. The van der Waals surface area contributed by atoms with E-state index in [4.69, 9.17) is 29.3 Å². The molecule has 0 unspecified atom stereocenters. The Labute approximate surface area is 209 Å². The standard InChI is InChI=1S/C18H27N3O2.2C2HF3O2/c1-3-8-20-10-11-23-17-14-21(9-6-15(17)12-20)13-16-5-4-7-19-18(16)22-2;2*3-2(4,5)1(6)7/h3-5,7,15,17H,1,6,8-14H2,2H3;2*(H,6,7)/t15-,17-;;/m1../s1. The van der Waals surface area contributed by atoms with Gasteiger partial charge in [-0.25, -0.2) is 14.6 Å². The molecule has 2 aliphatic heterocycles. The van der Waals surface area contributed by atoms with E-state index in [1.807, 2.05) is 12.1 Å². The minimum Gasteiger partial charge on any atom is -0.481 e. The fraction of sp³-hybridized carbons (Fsp3) is 0.591. The molecular weight excluding hydrogens is 516 g/mol. The first kappa shape index (κ1) is 32.1. The molecule has 9 nitrogen and oxygen atoms in total. The van der Waals surface area contributed by atoms with E-state index in [-0.39, 0.29) is 0 Å². The molecule has 0 amide bonds. The number of rotatable bonds is 5. The van der Waals surface area contributed by atoms with Crippen molar-refractivity contribution in [3.63, 3.8) is 0 Å². The van der Waals surface area contributed by atoms with Crippen LogP contribution in [-0.2, 0) is 20.9 Å². The molecule has 1 aromatic heterocycles. The minimum atomic E-state index is -5.08. The maximum absolute atomic E-state index is 10.6. The van der Waals surface area contributed by atoms with Gasteiger partial charge in [-0.05, 0) is 19.0 Å². The van der Waals surface area contributed by atoms with E-state index in [2.05, 4.69) is 27.4 Å². The Hall–Kier alpha value is -2.91. The molecule has 0 saturated carbocycles. The SMILES string of the molecule is C=CCN1CCO[C@@H]2CN(Cc3cccnc3OC)CC[C@@H]2C1.O=C(O)C(F)(F)F.O=C(O)C(F)(F)F. The second kappa shape index (κ2) is 14.7. The first-order valence-corrected chi connectivity index (χ1v) is 10.9. The Morgan fingerprint density at radius 3 is 2.24 bits per heavy atom. The summed E-state index contributed by atoms with van der Waals surface area (Å²) in [6.45, 7) is 10.7. The van der Waals surface area contributed by atoms with Crippen LogP contribution in [0.3, 0.4) is 0 Å². The van der Waals surface area contributed by atoms with E-state index in [1.165, 1.54) is 6.42 Å². The topological polar surface area (TPSA) is 112 Å². The highest BCUT2D eigenvalue weighted by molar-refractivity contribution is 5.73. The molecule has 0 radical (unpaired) electrons. The summed E-state index contributed by atoms with van der Waals surface area (Å²) in [4.78, 5) is 27.0. The molecule has 37 heavy (non-hydrogen) atoms. The molecule has 0 bridgehead atoms. The predicted molar refractivity (Wildman–Crippen MR) is 118 cm³/mol. The van der Waals surface area contributed by atoms with Crippen molar-refractivity contribution in [2.45, 2.75) is 31.4 Å². The third kappa shape index (κ3) is 11.8. The quantitative estimate of drug-likeness (QED) is 0.426. The number of carboxylic acid groups (broad SMARTS) is 2. The van der Waals surface area contributed by atoms with Crippen LogP contribution in [0.1, 0.15) is 12.0 Å². The zero-order chi connectivity index (χ0) is 28.2. The fourth-order valence-corrected chi connectivity index (χ4v) is 3.64. The highest BCUT2D eigenvalue weighted by atomic mass is 19.4. The first-order valence-electron chi connectivity index (χ1n) is 10.9. The van der Waals surface area contributed by atoms with Crippen LogP contribution in [0.2, 0.25) is 0 Å². The number of fused-ring (bicyclic) bond motifs is 1. The number of hydrogen-bond donors (Lipinski definition) is 2. The molecule has 2 aliphatic rings. The Morgan fingerprint density at radius 2 is 1.73 bits per heavy atom. The summed E-state index contributed by atoms with van der Waals surface area (Å²) in [5.74, 6) is -4.15. The molecule has 0 aliphatic carbocycles. The van der Waals surface area contributed by atoms with Crippen LogP contribution in [-0.4, -0.2) is 102 Å². The van der Waals surface area contributed by atoms with Gasteiger partial charge in [0.05, 0.1) is 19.8 Å². The molecule has 3 heterocycles. The molecule has 0 spiro atoms. The summed E-state index contributed by atoms with van der Waals surface area (Å²) < 4.78 is 75.0. The lowest BCUT2D eigenvalue weighted by Gasteiger charge is -2.38. The van der Waals surface area contributed by atoms with E-state index in [1.54, 1.807) is 13.3 Å². The highest BCUT2D eigenvalue weighted by Gasteiger charge is 2.39. The highest BCUT2D eigenvalue weighted by Crippen LogP contribution is 2.26. The molecule has 1 aromatic rings. The number of pyridine rings is 1. The average molecular weight is 545 g/mol. The fourth-order valence-electron chi connectivity index (χ4n) is 3.64. The number of hydrogen-bond acceptors (Lipinski definition) is 7. The van der Waals surface area contributed by atoms with Crippen molar-refractivity contribution >= 4 is 11.9 Å². The Balaban J connectivity index is 0.000000404. The van der Waals surface area contributed by atoms with E-state index in [9.17, 15) is 26.3 Å². The largest absolute Gasteiger partial charge is 0.490 e. The van der Waals surface area contributed by atoms with Crippen LogP contribution >= 0.6 is 0 Å². The van der Waals surface area contributed by atoms with Crippen LogP contribution in [0, 0.1) is 5.92 Å². The molecule has 2 N–H and O–H groups in total. The first-order chi connectivity index (χ1) is 17.2. The van der Waals surface area contributed by atoms with Gasteiger partial charge in [-0.1, -0.05) is 12.1 Å². The lowest BCUT2D eigenvalue weighted by atomic mass is 9.93. The molecule has 2 atom stereocenters. The van der Waals surface area contributed by atoms with Crippen molar-refractivity contribution in [3.05, 3.63) is 36.5 Å². The van der Waals surface area contributed by atoms with Gasteiger partial charge in [-0.15, -0.1) is 6.58 Å². The summed E-state index contributed by atoms with van der Waals surface area (Å²) in [5.41, 5.74) is 1.15. The van der Waals surface area contributed by atoms with Gasteiger partial charge < -0.3 is 19.7 Å². The minimum absolute atomic E-state index is 0.334. The van der Waals surface area contributed by atoms with Gasteiger partial charge in [0, 0.05) is 50.4 Å². The van der Waals surface area contributed by atoms with E-state index < -0.39 is 24.3 Å². The van der Waals surface area contributed by atoms with Crippen molar-refractivity contribution in [1.29, 1.82) is 0 Å². The molecule has 2 saturated heterocycles. The van der Waals surface area contributed by atoms with Crippen molar-refractivity contribution in [2.75, 3.05) is 46.4 Å². The van der Waals surface area contributed by atoms with E-state index in [0.29, 0.717) is 12.0 Å². The van der Waals surface area contributed by atoms with E-state index >= 15 is 0 Å². The van der Waals surface area contributed by atoms with Gasteiger partial charge in [0.25, 0.3) is 0 Å². The van der Waals surface area contributed by atoms with Gasteiger partial charge in [0.2, 0.25) is 5.88 Å². The Morgan fingerprint density at radius 1 is 1.14 bits per heavy atom. The number of ether oxygens (including phenoxy) is 2. The number of halogens is 6. The maximum Gasteiger partial charge on any atom is 0.490 e. The number of nitrogens with zero attached hydrogens (tertiary/aromatic N) is 3. The lowest BCUT2D eigenvalue weighted by Crippen LogP contribution is -2.46.